The Morgan fingerprint density at radius 3 is 2.74 bits per heavy atom. The minimum atomic E-state index is -0.802. The van der Waals surface area contributed by atoms with E-state index in [4.69, 9.17) is 17.0 Å². The number of aliphatic hydroxyl groups is 1. The average molecular weight is 497 g/mol. The predicted molar refractivity (Wildman–Crippen MR) is 138 cm³/mol. The molecule has 0 radical (unpaired) electrons. The van der Waals surface area contributed by atoms with Crippen LogP contribution in [-0.2, 0) is 9.53 Å². The summed E-state index contributed by atoms with van der Waals surface area (Å²) in [4.78, 5) is 32.7. The highest BCUT2D eigenvalue weighted by molar-refractivity contribution is 8.26. The van der Waals surface area contributed by atoms with Crippen LogP contribution in [0.5, 0.6) is 0 Å². The van der Waals surface area contributed by atoms with E-state index in [1.807, 2.05) is 30.3 Å². The molecule has 3 aromatic rings. The van der Waals surface area contributed by atoms with Crippen LogP contribution in [0.1, 0.15) is 23.7 Å². The van der Waals surface area contributed by atoms with Crippen molar-refractivity contribution < 1.29 is 14.6 Å². The monoisotopic (exact) mass is 496 g/mol. The fraction of sp³-hybridized carbons (Fsp3) is 0.250. The number of methoxy groups -OCH3 is 1. The average Bonchev–Trinajstić information content (AvgIpc) is 3.12. The molecular formula is C24H24N4O4S2. The third-order valence-corrected chi connectivity index (χ3v) is 6.67. The van der Waals surface area contributed by atoms with Gasteiger partial charge in [0.2, 0.25) is 0 Å². The van der Waals surface area contributed by atoms with E-state index < -0.39 is 6.10 Å². The lowest BCUT2D eigenvalue weighted by atomic mass is 10.1. The van der Waals surface area contributed by atoms with Gasteiger partial charge in [-0.3, -0.25) is 18.9 Å². The number of pyridine rings is 1. The van der Waals surface area contributed by atoms with Crippen LogP contribution in [-0.4, -0.2) is 56.4 Å². The minimum Gasteiger partial charge on any atom is -0.387 e. The second-order valence-corrected chi connectivity index (χ2v) is 9.27. The molecule has 10 heteroatoms. The Kier molecular flexibility index (Phi) is 7.73. The van der Waals surface area contributed by atoms with E-state index in [1.54, 1.807) is 31.5 Å². The normalized spacial score (nSPS) is 15.9. The standard InChI is InChI=1S/C24H24N4O4S2/c1-32-13-7-12-28-23(31)19(34-24(28)33)14-17-21(25-15-18(29)16-8-3-2-4-9-16)26-20-10-5-6-11-27(20)22(17)30/h2-6,8-11,14,18,25,29H,7,12-13,15H2,1H3/b19-14-. The third-order valence-electron chi connectivity index (χ3n) is 5.30. The Hall–Kier alpha value is -3.05. The number of nitrogens with one attached hydrogen (secondary N) is 1. The molecule has 2 N–H and O–H groups in total. The molecule has 0 aliphatic carbocycles. The molecule has 1 aliphatic rings. The minimum absolute atomic E-state index is 0.137. The van der Waals surface area contributed by atoms with Gasteiger partial charge in [-0.25, -0.2) is 4.98 Å². The number of carbonyl (C=O) groups excluding carboxylic acids is 1. The lowest BCUT2D eigenvalue weighted by Crippen LogP contribution is -2.29. The summed E-state index contributed by atoms with van der Waals surface area (Å²) < 4.78 is 6.92. The Morgan fingerprint density at radius 2 is 1.97 bits per heavy atom. The van der Waals surface area contributed by atoms with Crippen LogP contribution in [0.2, 0.25) is 0 Å². The Bertz CT molecular complexity index is 1290. The molecule has 1 unspecified atom stereocenters. The van der Waals surface area contributed by atoms with Gasteiger partial charge < -0.3 is 15.2 Å². The number of hydrogen-bond acceptors (Lipinski definition) is 8. The molecule has 1 aliphatic heterocycles. The molecule has 1 aromatic carbocycles. The fourth-order valence-corrected chi connectivity index (χ4v) is 4.84. The SMILES string of the molecule is COCCCN1C(=O)/C(=C/c2c(NCC(O)c3ccccc3)nc3ccccn3c2=O)SC1=S. The first-order chi connectivity index (χ1) is 16.5. The molecule has 3 heterocycles. The van der Waals surface area contributed by atoms with E-state index in [-0.39, 0.29) is 29.4 Å². The zero-order valence-electron chi connectivity index (χ0n) is 18.5. The number of nitrogens with zero attached hydrogens (tertiary/aromatic N) is 3. The molecule has 0 bridgehead atoms. The van der Waals surface area contributed by atoms with Crippen molar-refractivity contribution in [3.05, 3.63) is 81.1 Å². The van der Waals surface area contributed by atoms with Crippen LogP contribution in [0.25, 0.3) is 11.7 Å². The van der Waals surface area contributed by atoms with Crippen LogP contribution in [0.15, 0.2) is 64.4 Å². The number of thioether (sulfide) groups is 1. The molecule has 1 fully saturated rings. The fourth-order valence-electron chi connectivity index (χ4n) is 3.54. The van der Waals surface area contributed by atoms with Crippen LogP contribution >= 0.6 is 24.0 Å². The smallest absolute Gasteiger partial charge is 0.267 e. The van der Waals surface area contributed by atoms with Crippen molar-refractivity contribution in [3.8, 4) is 0 Å². The van der Waals surface area contributed by atoms with Gasteiger partial charge >= 0.3 is 0 Å². The van der Waals surface area contributed by atoms with Gasteiger partial charge in [0.05, 0.1) is 16.6 Å². The molecular weight excluding hydrogens is 472 g/mol. The van der Waals surface area contributed by atoms with Gasteiger partial charge in [-0.15, -0.1) is 0 Å². The number of amides is 1. The van der Waals surface area contributed by atoms with Gasteiger partial charge in [0.1, 0.15) is 15.8 Å². The number of rotatable bonds is 9. The molecule has 2 aromatic heterocycles. The van der Waals surface area contributed by atoms with Crippen molar-refractivity contribution in [3.63, 3.8) is 0 Å². The Morgan fingerprint density at radius 1 is 1.21 bits per heavy atom. The summed E-state index contributed by atoms with van der Waals surface area (Å²) in [5.41, 5.74) is 1.09. The Labute approximate surface area is 206 Å². The van der Waals surface area contributed by atoms with E-state index in [0.29, 0.717) is 34.4 Å². The second kappa shape index (κ2) is 10.9. The maximum atomic E-state index is 13.3. The van der Waals surface area contributed by atoms with Gasteiger partial charge in [0.25, 0.3) is 11.5 Å². The Balaban J connectivity index is 1.67. The summed E-state index contributed by atoms with van der Waals surface area (Å²) in [6.07, 6.45) is 3.01. The van der Waals surface area contributed by atoms with Crippen molar-refractivity contribution in [1.82, 2.24) is 14.3 Å². The molecule has 0 spiro atoms. The van der Waals surface area contributed by atoms with E-state index in [9.17, 15) is 14.7 Å². The quantitative estimate of drug-likeness (QED) is 0.265. The summed E-state index contributed by atoms with van der Waals surface area (Å²) in [6, 6.07) is 14.5. The van der Waals surface area contributed by atoms with E-state index in [1.165, 1.54) is 15.4 Å². The summed E-state index contributed by atoms with van der Waals surface area (Å²) in [5.74, 6) is 0.0368. The van der Waals surface area contributed by atoms with Crippen molar-refractivity contribution in [1.29, 1.82) is 0 Å². The predicted octanol–water partition coefficient (Wildman–Crippen LogP) is 3.08. The number of benzene rings is 1. The summed E-state index contributed by atoms with van der Waals surface area (Å²) in [6.45, 7) is 1.10. The first kappa shape index (κ1) is 24.1. The summed E-state index contributed by atoms with van der Waals surface area (Å²) >= 11 is 6.54. The summed E-state index contributed by atoms with van der Waals surface area (Å²) in [7, 11) is 1.60. The van der Waals surface area contributed by atoms with Crippen molar-refractivity contribution in [2.45, 2.75) is 12.5 Å². The zero-order chi connectivity index (χ0) is 24.1. The number of thiocarbonyl (C=S) groups is 1. The van der Waals surface area contributed by atoms with Gasteiger partial charge in [0, 0.05) is 33.0 Å². The topological polar surface area (TPSA) is 96.2 Å². The van der Waals surface area contributed by atoms with Crippen LogP contribution in [0, 0.1) is 0 Å². The number of hydrogen-bond donors (Lipinski definition) is 2. The van der Waals surface area contributed by atoms with Crippen molar-refractivity contribution >= 4 is 51.7 Å². The zero-order valence-corrected chi connectivity index (χ0v) is 20.1. The van der Waals surface area contributed by atoms with E-state index >= 15 is 0 Å². The molecule has 8 nitrogen and oxygen atoms in total. The number of anilines is 1. The van der Waals surface area contributed by atoms with Crippen LogP contribution in [0.4, 0.5) is 5.82 Å². The molecule has 176 valence electrons. The van der Waals surface area contributed by atoms with Crippen molar-refractivity contribution in [2.75, 3.05) is 32.1 Å². The van der Waals surface area contributed by atoms with Gasteiger partial charge in [-0.05, 0) is 30.2 Å². The van der Waals surface area contributed by atoms with E-state index in [0.717, 1.165) is 17.3 Å². The lowest BCUT2D eigenvalue weighted by Gasteiger charge is -2.15. The molecule has 1 amide bonds. The number of ether oxygens (including phenoxy) is 1. The van der Waals surface area contributed by atoms with E-state index in [2.05, 4.69) is 10.3 Å². The molecule has 34 heavy (non-hydrogen) atoms. The number of aromatic nitrogens is 2. The maximum absolute atomic E-state index is 13.3. The van der Waals surface area contributed by atoms with Crippen LogP contribution in [0.3, 0.4) is 0 Å². The number of carbonyl (C=O) groups is 1. The molecule has 4 rings (SSSR count). The molecule has 1 saturated heterocycles. The molecule has 0 saturated carbocycles. The summed E-state index contributed by atoms with van der Waals surface area (Å²) in [5, 5.41) is 13.7. The van der Waals surface area contributed by atoms with Crippen LogP contribution < -0.4 is 10.9 Å². The third kappa shape index (κ3) is 5.20. The van der Waals surface area contributed by atoms with Gasteiger partial charge in [-0.2, -0.15) is 0 Å². The first-order valence-corrected chi connectivity index (χ1v) is 11.9. The van der Waals surface area contributed by atoms with Gasteiger partial charge in [-0.1, -0.05) is 60.4 Å². The second-order valence-electron chi connectivity index (χ2n) is 7.60. The van der Waals surface area contributed by atoms with Crippen molar-refractivity contribution in [2.24, 2.45) is 0 Å². The number of aliphatic hydroxyl groups excluding tert-OH is 1. The highest BCUT2D eigenvalue weighted by Crippen LogP contribution is 2.33. The highest BCUT2D eigenvalue weighted by atomic mass is 32.2. The highest BCUT2D eigenvalue weighted by Gasteiger charge is 2.32. The maximum Gasteiger partial charge on any atom is 0.267 e. The first-order valence-electron chi connectivity index (χ1n) is 10.7. The largest absolute Gasteiger partial charge is 0.387 e. The molecule has 1 atom stereocenters. The lowest BCUT2D eigenvalue weighted by molar-refractivity contribution is -0.122. The number of fused-ring (bicyclic) bond motifs is 1. The van der Waals surface area contributed by atoms with Gasteiger partial charge in [0.15, 0.2) is 0 Å².